The van der Waals surface area contributed by atoms with Gasteiger partial charge in [-0.2, -0.15) is 27.1 Å². The van der Waals surface area contributed by atoms with E-state index in [4.69, 9.17) is 0 Å². The van der Waals surface area contributed by atoms with Gasteiger partial charge in [0.25, 0.3) is 5.91 Å². The molecule has 8 nitrogen and oxygen atoms in total. The maximum atomic E-state index is 13.4. The summed E-state index contributed by atoms with van der Waals surface area (Å²) in [5.41, 5.74) is -1.80. The van der Waals surface area contributed by atoms with Gasteiger partial charge in [-0.3, -0.25) is 4.79 Å². The molecule has 0 saturated carbocycles. The number of amides is 1. The molecule has 1 aliphatic rings. The van der Waals surface area contributed by atoms with Gasteiger partial charge in [-0.25, -0.2) is 13.1 Å². The summed E-state index contributed by atoms with van der Waals surface area (Å²) in [5.74, 6) is -1.54. The lowest BCUT2D eigenvalue weighted by molar-refractivity contribution is -0.207. The van der Waals surface area contributed by atoms with Crippen LogP contribution >= 0.6 is 0 Å². The molecule has 2 aromatic carbocycles. The average molecular weight is 519 g/mol. The van der Waals surface area contributed by atoms with Crippen LogP contribution in [0.3, 0.4) is 0 Å². The smallest absolute Gasteiger partial charge is 0.420 e. The van der Waals surface area contributed by atoms with Crippen molar-refractivity contribution in [2.24, 2.45) is 0 Å². The largest absolute Gasteiger partial charge is 0.435 e. The number of aliphatic hydroxyl groups is 1. The second kappa shape index (κ2) is 8.45. The number of benzene rings is 2. The maximum absolute atomic E-state index is 13.4. The van der Waals surface area contributed by atoms with Crippen LogP contribution in [0.5, 0.6) is 5.75 Å². The molecule has 3 aromatic rings. The monoisotopic (exact) mass is 519 g/mol. The number of rotatable bonds is 6. The van der Waals surface area contributed by atoms with Crippen molar-refractivity contribution in [1.29, 1.82) is 0 Å². The Morgan fingerprint density at radius 2 is 1.89 bits per heavy atom. The highest BCUT2D eigenvalue weighted by molar-refractivity contribution is 7.93. The Morgan fingerprint density at radius 1 is 1.20 bits per heavy atom. The van der Waals surface area contributed by atoms with Crippen molar-refractivity contribution in [3.63, 3.8) is 0 Å². The van der Waals surface area contributed by atoms with Gasteiger partial charge in [-0.05, 0) is 37.3 Å². The maximum Gasteiger partial charge on any atom is 0.420 e. The van der Waals surface area contributed by atoms with E-state index in [1.54, 1.807) is 0 Å². The Morgan fingerprint density at radius 3 is 2.49 bits per heavy atom. The van der Waals surface area contributed by atoms with Crippen molar-refractivity contribution in [1.82, 2.24) is 15.1 Å². The van der Waals surface area contributed by atoms with Crippen molar-refractivity contribution >= 4 is 26.6 Å². The molecule has 0 aliphatic carbocycles. The van der Waals surface area contributed by atoms with Gasteiger partial charge in [-0.1, -0.05) is 6.07 Å². The number of ether oxygens (including phenoxy) is 1. The van der Waals surface area contributed by atoms with Crippen LogP contribution in [0.4, 0.5) is 22.0 Å². The van der Waals surface area contributed by atoms with Crippen LogP contribution in [-0.2, 0) is 9.84 Å². The van der Waals surface area contributed by atoms with E-state index in [-0.39, 0.29) is 39.4 Å². The molecule has 4 rings (SSSR count). The third kappa shape index (κ3) is 5.07. The Kier molecular flexibility index (Phi) is 6.00. The quantitative estimate of drug-likeness (QED) is 0.485. The third-order valence-corrected chi connectivity index (χ3v) is 7.47. The minimum Gasteiger partial charge on any atom is -0.435 e. The van der Waals surface area contributed by atoms with E-state index in [1.165, 1.54) is 37.3 Å². The van der Waals surface area contributed by atoms with Gasteiger partial charge in [0.1, 0.15) is 11.4 Å². The van der Waals surface area contributed by atoms with Crippen molar-refractivity contribution in [3.05, 3.63) is 53.7 Å². The minimum absolute atomic E-state index is 0.0477. The summed E-state index contributed by atoms with van der Waals surface area (Å²) in [6.45, 7) is -1.61. The van der Waals surface area contributed by atoms with Crippen molar-refractivity contribution in [2.45, 2.75) is 31.4 Å². The average Bonchev–Trinajstić information content (AvgIpc) is 3.09. The topological polar surface area (TPSA) is 111 Å². The molecule has 0 unspecified atom stereocenters. The fourth-order valence-corrected chi connectivity index (χ4v) is 5.98. The van der Waals surface area contributed by atoms with Crippen LogP contribution in [0.15, 0.2) is 42.5 Å². The first-order chi connectivity index (χ1) is 16.2. The molecule has 188 valence electrons. The zero-order chi connectivity index (χ0) is 25.8. The lowest BCUT2D eigenvalue weighted by Crippen LogP contribution is -2.63. The summed E-state index contributed by atoms with van der Waals surface area (Å²) >= 11 is 0. The first kappa shape index (κ1) is 24.9. The van der Waals surface area contributed by atoms with Crippen LogP contribution in [0, 0.1) is 0 Å². The number of hydrogen-bond donors (Lipinski definition) is 2. The summed E-state index contributed by atoms with van der Waals surface area (Å²) in [6.07, 6.45) is -8.09. The molecule has 1 saturated heterocycles. The molecule has 1 aliphatic heterocycles. The zero-order valence-electron chi connectivity index (χ0n) is 17.9. The highest BCUT2D eigenvalue weighted by Crippen LogP contribution is 2.37. The number of aliphatic hydroxyl groups excluding tert-OH is 1. The Bertz CT molecular complexity index is 1390. The number of nitrogens with zero attached hydrogens (tertiary/aromatic N) is 2. The van der Waals surface area contributed by atoms with Gasteiger partial charge in [0.2, 0.25) is 0 Å². The molecule has 2 N–H and O–H groups in total. The summed E-state index contributed by atoms with van der Waals surface area (Å²) in [7, 11) is -3.27. The predicted molar refractivity (Wildman–Crippen MR) is 113 cm³/mol. The van der Waals surface area contributed by atoms with Gasteiger partial charge in [-0.15, -0.1) is 0 Å². The fourth-order valence-electron chi connectivity index (χ4n) is 3.97. The zero-order valence-corrected chi connectivity index (χ0v) is 18.7. The number of fused-ring (bicyclic) bond motifs is 1. The summed E-state index contributed by atoms with van der Waals surface area (Å²) in [6, 6.07) is 8.72. The fraction of sp³-hybridized carbons (Fsp3) is 0.333. The van der Waals surface area contributed by atoms with E-state index < -0.39 is 45.9 Å². The van der Waals surface area contributed by atoms with Crippen molar-refractivity contribution in [2.75, 3.05) is 11.5 Å². The molecule has 0 bridgehead atoms. The van der Waals surface area contributed by atoms with Gasteiger partial charge in [0.15, 0.2) is 15.9 Å². The number of sulfone groups is 1. The Labute approximate surface area is 195 Å². The van der Waals surface area contributed by atoms with Crippen LogP contribution in [-0.4, -0.2) is 59.0 Å². The van der Waals surface area contributed by atoms with E-state index in [2.05, 4.69) is 15.2 Å². The minimum atomic E-state index is -5.08. The molecular formula is C21H18F5N3O5S. The summed E-state index contributed by atoms with van der Waals surface area (Å²) < 4.78 is 93.5. The van der Waals surface area contributed by atoms with Crippen LogP contribution in [0.25, 0.3) is 16.6 Å². The molecular weight excluding hydrogens is 501 g/mol. The molecule has 1 fully saturated rings. The van der Waals surface area contributed by atoms with E-state index in [0.717, 1.165) is 16.8 Å². The van der Waals surface area contributed by atoms with Crippen LogP contribution < -0.4 is 10.1 Å². The van der Waals surface area contributed by atoms with E-state index >= 15 is 0 Å². The van der Waals surface area contributed by atoms with Gasteiger partial charge in [0, 0.05) is 17.0 Å². The number of carbonyl (C=O) groups is 1. The molecule has 1 atom stereocenters. The number of hydrogen-bond acceptors (Lipinski definition) is 6. The first-order valence-electron chi connectivity index (χ1n) is 10.0. The highest BCUT2D eigenvalue weighted by Gasteiger charge is 2.46. The third-order valence-electron chi connectivity index (χ3n) is 5.32. The number of aromatic nitrogens is 2. The van der Waals surface area contributed by atoms with Crippen LogP contribution in [0.2, 0.25) is 0 Å². The van der Waals surface area contributed by atoms with Gasteiger partial charge >= 0.3 is 12.8 Å². The van der Waals surface area contributed by atoms with E-state index in [0.29, 0.717) is 0 Å². The molecule has 14 heteroatoms. The number of alkyl halides is 5. The van der Waals surface area contributed by atoms with E-state index in [1.807, 2.05) is 0 Å². The van der Waals surface area contributed by atoms with E-state index in [9.17, 15) is 40.3 Å². The Hall–Kier alpha value is -3.26. The summed E-state index contributed by atoms with van der Waals surface area (Å²) in [4.78, 5) is 12.7. The van der Waals surface area contributed by atoms with Crippen LogP contribution in [0.1, 0.15) is 29.1 Å². The van der Waals surface area contributed by atoms with Crippen molar-refractivity contribution in [3.8, 4) is 11.4 Å². The lowest BCUT2D eigenvalue weighted by Gasteiger charge is -2.38. The normalized spacial score (nSPS) is 17.7. The molecule has 2 heterocycles. The second-order valence-electron chi connectivity index (χ2n) is 8.40. The molecule has 1 amide bonds. The molecule has 35 heavy (non-hydrogen) atoms. The number of nitrogens with one attached hydrogen (secondary N) is 1. The first-order valence-corrected chi connectivity index (χ1v) is 11.9. The highest BCUT2D eigenvalue weighted by atomic mass is 32.2. The number of carbonyl (C=O) groups excluding carboxylic acids is 1. The number of halogens is 5. The van der Waals surface area contributed by atoms with Crippen molar-refractivity contribution < 1.29 is 45.0 Å². The predicted octanol–water partition coefficient (Wildman–Crippen LogP) is 3.14. The van der Waals surface area contributed by atoms with Gasteiger partial charge < -0.3 is 15.2 Å². The molecule has 0 spiro atoms. The standard InChI is InChI=1S/C21H18F5N3O5S/c1-20(9-35(32,33)10-20)27-18(31)11-5-6-15-14(7-11)16(17(30)21(24,25)26)28-29(15)12-3-2-4-13(8-12)34-19(22)23/h2-8,17,19,30H,9-10H2,1H3,(H,27,31)/t17-/m0/s1. The Balaban J connectivity index is 1.78. The SMILES string of the molecule is CC1(NC(=O)c2ccc3c(c2)c([C@H](O)C(F)(F)F)nn3-c2cccc(OC(F)F)c2)CS(=O)(=O)C1. The molecule has 0 radical (unpaired) electrons. The summed E-state index contributed by atoms with van der Waals surface area (Å²) in [5, 5.41) is 16.1. The molecule has 1 aromatic heterocycles. The lowest BCUT2D eigenvalue weighted by atomic mass is 10.0. The second-order valence-corrected chi connectivity index (χ2v) is 10.5. The van der Waals surface area contributed by atoms with Gasteiger partial charge in [0.05, 0.1) is 28.2 Å².